The van der Waals surface area contributed by atoms with Crippen LogP contribution in [0.2, 0.25) is 0 Å². The van der Waals surface area contributed by atoms with Crippen molar-refractivity contribution in [2.24, 2.45) is 0 Å². The number of hydrogen-bond acceptors (Lipinski definition) is 4. The fraction of sp³-hybridized carbons (Fsp3) is 0.348. The van der Waals surface area contributed by atoms with Crippen molar-refractivity contribution < 1.29 is 13.6 Å². The van der Waals surface area contributed by atoms with E-state index in [0.29, 0.717) is 35.6 Å². The molecule has 1 N–H and O–H groups in total. The van der Waals surface area contributed by atoms with Gasteiger partial charge in [0.05, 0.1) is 12.2 Å². The Morgan fingerprint density at radius 1 is 1.26 bits per heavy atom. The van der Waals surface area contributed by atoms with Gasteiger partial charge >= 0.3 is 0 Å². The Morgan fingerprint density at radius 3 is 2.84 bits per heavy atom. The molecule has 0 bridgehead atoms. The van der Waals surface area contributed by atoms with Gasteiger partial charge in [0.25, 0.3) is 0 Å². The summed E-state index contributed by atoms with van der Waals surface area (Å²) in [5.74, 6) is -0.419. The van der Waals surface area contributed by atoms with Crippen LogP contribution in [0.15, 0.2) is 42.7 Å². The number of hydrogen-bond donors (Lipinski definition) is 1. The lowest BCUT2D eigenvalue weighted by atomic mass is 10.0. The molecule has 3 aromatic rings. The maximum Gasteiger partial charge on any atom is 0.244 e. The first kappa shape index (κ1) is 21.0. The number of fused-ring (bicyclic) bond motifs is 1. The third-order valence-electron chi connectivity index (χ3n) is 5.16. The van der Waals surface area contributed by atoms with Crippen LogP contribution in [0.4, 0.5) is 14.6 Å². The zero-order valence-corrected chi connectivity index (χ0v) is 17.8. The number of benzene rings is 1. The van der Waals surface area contributed by atoms with E-state index >= 15 is 0 Å². The number of amides is 1. The summed E-state index contributed by atoms with van der Waals surface area (Å²) in [5, 5.41) is 7.16. The van der Waals surface area contributed by atoms with Crippen molar-refractivity contribution in [3.63, 3.8) is 0 Å². The predicted molar refractivity (Wildman–Crippen MR) is 116 cm³/mol. The molecule has 3 heterocycles. The zero-order valence-electron chi connectivity index (χ0n) is 17.8. The highest BCUT2D eigenvalue weighted by molar-refractivity contribution is 5.93. The largest absolute Gasteiger partial charge is 0.349 e. The standard InChI is InChI=1S/C23H25F2N5O/c1-23(2,3)28-21(31)9-6-15-14-26-30-12-10-20(27-22(15)30)29-11-4-5-19(29)17-13-16(24)7-8-18(17)25/h6-10,12-14,19H,4-5,11H2,1-3H3,(H,28,31)/b9-6+. The van der Waals surface area contributed by atoms with Gasteiger partial charge in [-0.2, -0.15) is 5.10 Å². The van der Waals surface area contributed by atoms with E-state index in [2.05, 4.69) is 10.4 Å². The lowest BCUT2D eigenvalue weighted by Gasteiger charge is -2.26. The number of carbonyl (C=O) groups excluding carboxylic acids is 1. The first-order chi connectivity index (χ1) is 14.7. The SMILES string of the molecule is CC(C)(C)NC(=O)/C=C/c1cnn2ccc(N3CCCC3c3cc(F)ccc3F)nc12. The zero-order chi connectivity index (χ0) is 22.2. The average Bonchev–Trinajstić information content (AvgIpc) is 3.33. The molecule has 1 aliphatic heterocycles. The van der Waals surface area contributed by atoms with Gasteiger partial charge in [0.2, 0.25) is 5.91 Å². The summed E-state index contributed by atoms with van der Waals surface area (Å²) in [7, 11) is 0. The first-order valence-electron chi connectivity index (χ1n) is 10.3. The highest BCUT2D eigenvalue weighted by Gasteiger charge is 2.30. The molecule has 2 aromatic heterocycles. The van der Waals surface area contributed by atoms with Gasteiger partial charge in [0, 0.05) is 35.5 Å². The second kappa shape index (κ2) is 8.09. The number of carbonyl (C=O) groups is 1. The molecule has 0 saturated carbocycles. The Bertz CT molecular complexity index is 1150. The molecule has 1 aromatic carbocycles. The lowest BCUT2D eigenvalue weighted by Crippen LogP contribution is -2.39. The van der Waals surface area contributed by atoms with Crippen LogP contribution in [0.3, 0.4) is 0 Å². The van der Waals surface area contributed by atoms with Crippen LogP contribution in [0.5, 0.6) is 0 Å². The van der Waals surface area contributed by atoms with Crippen LogP contribution >= 0.6 is 0 Å². The fourth-order valence-electron chi connectivity index (χ4n) is 3.87. The lowest BCUT2D eigenvalue weighted by molar-refractivity contribution is -0.117. The summed E-state index contributed by atoms with van der Waals surface area (Å²) in [4.78, 5) is 18.8. The van der Waals surface area contributed by atoms with Crippen LogP contribution in [0.25, 0.3) is 11.7 Å². The molecular formula is C23H25F2N5O. The second-order valence-corrected chi connectivity index (χ2v) is 8.74. The van der Waals surface area contributed by atoms with Gasteiger partial charge in [-0.15, -0.1) is 0 Å². The summed E-state index contributed by atoms with van der Waals surface area (Å²) in [6.07, 6.45) is 8.12. The molecule has 1 fully saturated rings. The molecule has 31 heavy (non-hydrogen) atoms. The predicted octanol–water partition coefficient (Wildman–Crippen LogP) is 4.28. The van der Waals surface area contributed by atoms with Gasteiger partial charge in [-0.25, -0.2) is 18.3 Å². The number of nitrogens with one attached hydrogen (secondary N) is 1. The van der Waals surface area contributed by atoms with Crippen LogP contribution in [-0.2, 0) is 4.79 Å². The van der Waals surface area contributed by atoms with E-state index in [4.69, 9.17) is 4.98 Å². The van der Waals surface area contributed by atoms with Gasteiger partial charge in [-0.05, 0) is 64.0 Å². The molecule has 1 aliphatic rings. The molecule has 0 radical (unpaired) electrons. The Hall–Kier alpha value is -3.29. The van der Waals surface area contributed by atoms with Crippen LogP contribution in [0, 0.1) is 11.6 Å². The van der Waals surface area contributed by atoms with E-state index < -0.39 is 11.6 Å². The maximum absolute atomic E-state index is 14.4. The number of nitrogens with zero attached hydrogens (tertiary/aromatic N) is 4. The molecule has 8 heteroatoms. The van der Waals surface area contributed by atoms with Gasteiger partial charge in [-0.3, -0.25) is 4.79 Å². The number of aromatic nitrogens is 3. The molecule has 0 spiro atoms. The van der Waals surface area contributed by atoms with E-state index in [1.54, 1.807) is 23.0 Å². The van der Waals surface area contributed by atoms with Gasteiger partial charge in [0.1, 0.15) is 17.5 Å². The van der Waals surface area contributed by atoms with E-state index in [1.165, 1.54) is 18.2 Å². The van der Waals surface area contributed by atoms with E-state index in [0.717, 1.165) is 12.5 Å². The summed E-state index contributed by atoms with van der Waals surface area (Å²) in [5.41, 5.74) is 1.29. The van der Waals surface area contributed by atoms with Crippen molar-refractivity contribution in [3.8, 4) is 0 Å². The van der Waals surface area contributed by atoms with Crippen LogP contribution < -0.4 is 10.2 Å². The summed E-state index contributed by atoms with van der Waals surface area (Å²) in [6.45, 7) is 6.43. The van der Waals surface area contributed by atoms with Crippen LogP contribution in [0.1, 0.15) is 50.8 Å². The molecule has 162 valence electrons. The highest BCUT2D eigenvalue weighted by atomic mass is 19.1. The Balaban J connectivity index is 1.64. The van der Waals surface area contributed by atoms with Crippen LogP contribution in [-0.4, -0.2) is 32.6 Å². The number of rotatable bonds is 4. The minimum absolute atomic E-state index is 0.204. The molecule has 4 rings (SSSR count). The van der Waals surface area contributed by atoms with Crippen molar-refractivity contribution in [1.29, 1.82) is 0 Å². The van der Waals surface area contributed by atoms with E-state index in [9.17, 15) is 13.6 Å². The van der Waals surface area contributed by atoms with Gasteiger partial charge < -0.3 is 10.2 Å². The number of anilines is 1. The molecule has 1 saturated heterocycles. The van der Waals surface area contributed by atoms with E-state index in [-0.39, 0.29) is 17.5 Å². The molecular weight excluding hydrogens is 400 g/mol. The molecule has 6 nitrogen and oxygen atoms in total. The van der Waals surface area contributed by atoms with Crippen molar-refractivity contribution in [2.45, 2.75) is 45.2 Å². The quantitative estimate of drug-likeness (QED) is 0.634. The fourth-order valence-corrected chi connectivity index (χ4v) is 3.87. The Labute approximate surface area is 179 Å². The van der Waals surface area contributed by atoms with Crippen molar-refractivity contribution >= 4 is 23.4 Å². The van der Waals surface area contributed by atoms with Crippen molar-refractivity contribution in [2.75, 3.05) is 11.4 Å². The normalized spacial score (nSPS) is 17.1. The summed E-state index contributed by atoms with van der Waals surface area (Å²) < 4.78 is 29.8. The topological polar surface area (TPSA) is 62.5 Å². The smallest absolute Gasteiger partial charge is 0.244 e. The molecule has 0 aliphatic carbocycles. The molecule has 1 atom stereocenters. The monoisotopic (exact) mass is 425 g/mol. The highest BCUT2D eigenvalue weighted by Crippen LogP contribution is 2.36. The first-order valence-corrected chi connectivity index (χ1v) is 10.3. The second-order valence-electron chi connectivity index (χ2n) is 8.74. The van der Waals surface area contributed by atoms with Crippen molar-refractivity contribution in [3.05, 3.63) is 65.5 Å². The van der Waals surface area contributed by atoms with Gasteiger partial charge in [0.15, 0.2) is 5.65 Å². The average molecular weight is 425 g/mol. The van der Waals surface area contributed by atoms with Crippen molar-refractivity contribution in [1.82, 2.24) is 19.9 Å². The Morgan fingerprint density at radius 2 is 2.06 bits per heavy atom. The summed E-state index contributed by atoms with van der Waals surface area (Å²) in [6, 6.07) is 5.08. The third-order valence-corrected chi connectivity index (χ3v) is 5.16. The minimum atomic E-state index is -0.455. The van der Waals surface area contributed by atoms with E-state index in [1.807, 2.05) is 31.7 Å². The minimum Gasteiger partial charge on any atom is -0.349 e. The Kier molecular flexibility index (Phi) is 5.47. The summed E-state index contributed by atoms with van der Waals surface area (Å²) >= 11 is 0. The number of halogens is 2. The maximum atomic E-state index is 14.4. The molecule has 1 unspecified atom stereocenters. The van der Waals surface area contributed by atoms with Gasteiger partial charge in [-0.1, -0.05) is 0 Å². The third kappa shape index (κ3) is 4.57. The molecule has 1 amide bonds.